The van der Waals surface area contributed by atoms with E-state index in [1.54, 1.807) is 19.0 Å². The molecule has 0 N–H and O–H groups in total. The zero-order chi connectivity index (χ0) is 11.6. The van der Waals surface area contributed by atoms with E-state index in [-0.39, 0.29) is 11.3 Å². The van der Waals surface area contributed by atoms with Crippen molar-refractivity contribution in [2.24, 2.45) is 0 Å². The highest BCUT2D eigenvalue weighted by molar-refractivity contribution is 6.68. The van der Waals surface area contributed by atoms with Gasteiger partial charge in [0.25, 0.3) is 10.9 Å². The molecule has 15 heavy (non-hydrogen) atoms. The van der Waals surface area contributed by atoms with E-state index in [1.165, 1.54) is 18.2 Å². The molecule has 0 heterocycles. The minimum Gasteiger partial charge on any atom is -0.377 e. The SMILES string of the molecule is CN(C)c1ccc([N+](=O)[O-])cc1C(=O)Cl. The molecule has 6 heteroatoms. The lowest BCUT2D eigenvalue weighted by atomic mass is 10.1. The second kappa shape index (κ2) is 4.27. The average Bonchev–Trinajstić information content (AvgIpc) is 2.16. The molecule has 0 radical (unpaired) electrons. The fourth-order valence-electron chi connectivity index (χ4n) is 1.18. The fraction of sp³-hybridized carbons (Fsp3) is 0.222. The number of anilines is 1. The normalized spacial score (nSPS) is 9.80. The van der Waals surface area contributed by atoms with Gasteiger partial charge in [-0.15, -0.1) is 0 Å². The predicted octanol–water partition coefficient (Wildman–Crippen LogP) is 2.04. The molecule has 0 saturated heterocycles. The number of nitro groups is 1. The van der Waals surface area contributed by atoms with Gasteiger partial charge in [-0.05, 0) is 17.7 Å². The molecule has 0 bridgehead atoms. The number of nitro benzene ring substituents is 1. The highest BCUT2D eigenvalue weighted by Gasteiger charge is 2.15. The highest BCUT2D eigenvalue weighted by atomic mass is 35.5. The molecule has 0 fully saturated rings. The molecule has 80 valence electrons. The molecule has 0 aliphatic rings. The predicted molar refractivity (Wildman–Crippen MR) is 57.6 cm³/mol. The summed E-state index contributed by atoms with van der Waals surface area (Å²) in [5.41, 5.74) is 0.543. The Morgan fingerprint density at radius 2 is 2.07 bits per heavy atom. The van der Waals surface area contributed by atoms with Gasteiger partial charge in [-0.3, -0.25) is 14.9 Å². The van der Waals surface area contributed by atoms with Crippen LogP contribution in [-0.2, 0) is 0 Å². The van der Waals surface area contributed by atoms with E-state index < -0.39 is 10.2 Å². The lowest BCUT2D eigenvalue weighted by molar-refractivity contribution is -0.384. The van der Waals surface area contributed by atoms with Crippen LogP contribution in [-0.4, -0.2) is 24.3 Å². The third-order valence-corrected chi connectivity index (χ3v) is 2.09. The van der Waals surface area contributed by atoms with Crippen molar-refractivity contribution in [2.45, 2.75) is 0 Å². The maximum absolute atomic E-state index is 11.1. The van der Waals surface area contributed by atoms with E-state index in [0.29, 0.717) is 5.69 Å². The van der Waals surface area contributed by atoms with Crippen molar-refractivity contribution in [3.05, 3.63) is 33.9 Å². The number of carbonyl (C=O) groups excluding carboxylic acids is 1. The number of carbonyl (C=O) groups is 1. The van der Waals surface area contributed by atoms with Crippen LogP contribution in [0.2, 0.25) is 0 Å². The van der Waals surface area contributed by atoms with Gasteiger partial charge in [0.15, 0.2) is 0 Å². The van der Waals surface area contributed by atoms with Gasteiger partial charge in [0.05, 0.1) is 10.5 Å². The van der Waals surface area contributed by atoms with Gasteiger partial charge in [0, 0.05) is 31.9 Å². The Morgan fingerprint density at radius 3 is 2.47 bits per heavy atom. The molecule has 0 aromatic heterocycles. The van der Waals surface area contributed by atoms with Gasteiger partial charge < -0.3 is 4.90 Å². The first-order chi connectivity index (χ1) is 6.93. The van der Waals surface area contributed by atoms with Gasteiger partial charge in [-0.1, -0.05) is 0 Å². The monoisotopic (exact) mass is 228 g/mol. The van der Waals surface area contributed by atoms with Crippen molar-refractivity contribution in [1.29, 1.82) is 0 Å². The van der Waals surface area contributed by atoms with Crippen molar-refractivity contribution in [3.8, 4) is 0 Å². The molecular weight excluding hydrogens is 220 g/mol. The van der Waals surface area contributed by atoms with Gasteiger partial charge >= 0.3 is 0 Å². The number of hydrogen-bond acceptors (Lipinski definition) is 4. The van der Waals surface area contributed by atoms with Gasteiger partial charge in [0.1, 0.15) is 0 Å². The Labute approximate surface area is 91.4 Å². The molecule has 1 aromatic rings. The number of non-ortho nitro benzene ring substituents is 1. The molecule has 5 nitrogen and oxygen atoms in total. The Hall–Kier alpha value is -1.62. The van der Waals surface area contributed by atoms with Crippen LogP contribution in [0.5, 0.6) is 0 Å². The summed E-state index contributed by atoms with van der Waals surface area (Å²) in [6.07, 6.45) is 0. The van der Waals surface area contributed by atoms with Gasteiger partial charge in [-0.25, -0.2) is 0 Å². The summed E-state index contributed by atoms with van der Waals surface area (Å²) < 4.78 is 0. The lowest BCUT2D eigenvalue weighted by Crippen LogP contribution is -2.12. The van der Waals surface area contributed by atoms with Gasteiger partial charge in [-0.2, -0.15) is 0 Å². The molecule has 0 unspecified atom stereocenters. The van der Waals surface area contributed by atoms with Crippen molar-refractivity contribution < 1.29 is 9.72 Å². The lowest BCUT2D eigenvalue weighted by Gasteiger charge is -2.14. The molecule has 0 atom stereocenters. The van der Waals surface area contributed by atoms with Crippen LogP contribution < -0.4 is 4.90 Å². The average molecular weight is 229 g/mol. The smallest absolute Gasteiger partial charge is 0.270 e. The number of halogens is 1. The zero-order valence-corrected chi connectivity index (χ0v) is 8.99. The summed E-state index contributed by atoms with van der Waals surface area (Å²) in [5.74, 6) is 0. The first kappa shape index (κ1) is 11.5. The third kappa shape index (κ3) is 2.44. The van der Waals surface area contributed by atoms with Crippen molar-refractivity contribution in [1.82, 2.24) is 0 Å². The quantitative estimate of drug-likeness (QED) is 0.451. The van der Waals surface area contributed by atoms with E-state index >= 15 is 0 Å². The Kier molecular flexibility index (Phi) is 3.26. The molecular formula is C9H9ClN2O3. The number of rotatable bonds is 3. The Morgan fingerprint density at radius 1 is 1.47 bits per heavy atom. The van der Waals surface area contributed by atoms with E-state index in [2.05, 4.69) is 0 Å². The van der Waals surface area contributed by atoms with Crippen molar-refractivity contribution in [2.75, 3.05) is 19.0 Å². The van der Waals surface area contributed by atoms with Crippen LogP contribution in [0, 0.1) is 10.1 Å². The first-order valence-electron chi connectivity index (χ1n) is 4.09. The summed E-state index contributed by atoms with van der Waals surface area (Å²) >= 11 is 5.34. The third-order valence-electron chi connectivity index (χ3n) is 1.88. The standard InChI is InChI=1S/C9H9ClN2O3/c1-11(2)8-4-3-6(12(14)15)5-7(8)9(10)13/h3-5H,1-2H3. The fourth-order valence-corrected chi connectivity index (χ4v) is 1.34. The Balaban J connectivity index is 3.33. The number of nitrogens with zero attached hydrogens (tertiary/aromatic N) is 2. The second-order valence-electron chi connectivity index (χ2n) is 3.13. The van der Waals surface area contributed by atoms with Crippen molar-refractivity contribution >= 4 is 28.2 Å². The van der Waals surface area contributed by atoms with Crippen LogP contribution in [0.3, 0.4) is 0 Å². The second-order valence-corrected chi connectivity index (χ2v) is 3.47. The van der Waals surface area contributed by atoms with Crippen LogP contribution in [0.4, 0.5) is 11.4 Å². The van der Waals surface area contributed by atoms with E-state index in [4.69, 9.17) is 11.6 Å². The molecule has 0 spiro atoms. The van der Waals surface area contributed by atoms with E-state index in [9.17, 15) is 14.9 Å². The summed E-state index contributed by atoms with van der Waals surface area (Å²) in [7, 11) is 3.45. The number of hydrogen-bond donors (Lipinski definition) is 0. The minimum absolute atomic E-state index is 0.135. The Bertz CT molecular complexity index is 418. The minimum atomic E-state index is -0.706. The molecule has 0 amide bonds. The number of benzene rings is 1. The topological polar surface area (TPSA) is 63.4 Å². The molecule has 1 aromatic carbocycles. The van der Waals surface area contributed by atoms with Crippen molar-refractivity contribution in [3.63, 3.8) is 0 Å². The van der Waals surface area contributed by atoms with Gasteiger partial charge in [0.2, 0.25) is 0 Å². The molecule has 0 aliphatic carbocycles. The summed E-state index contributed by atoms with van der Waals surface area (Å²) in [4.78, 5) is 22.7. The largest absolute Gasteiger partial charge is 0.377 e. The van der Waals surface area contributed by atoms with Crippen LogP contribution >= 0.6 is 11.6 Å². The summed E-state index contributed by atoms with van der Waals surface area (Å²) in [6.45, 7) is 0. The molecule has 1 rings (SSSR count). The summed E-state index contributed by atoms with van der Waals surface area (Å²) in [5, 5.41) is 9.79. The first-order valence-corrected chi connectivity index (χ1v) is 4.47. The molecule has 0 saturated carbocycles. The highest BCUT2D eigenvalue weighted by Crippen LogP contribution is 2.25. The van der Waals surface area contributed by atoms with Crippen LogP contribution in [0.25, 0.3) is 0 Å². The van der Waals surface area contributed by atoms with Crippen LogP contribution in [0.1, 0.15) is 10.4 Å². The van der Waals surface area contributed by atoms with E-state index in [1.807, 2.05) is 0 Å². The maximum Gasteiger partial charge on any atom is 0.270 e. The zero-order valence-electron chi connectivity index (χ0n) is 8.23. The van der Waals surface area contributed by atoms with E-state index in [0.717, 1.165) is 0 Å². The maximum atomic E-state index is 11.1. The summed E-state index contributed by atoms with van der Waals surface area (Å²) in [6, 6.07) is 4.00. The van der Waals surface area contributed by atoms with Crippen LogP contribution in [0.15, 0.2) is 18.2 Å². The molecule has 0 aliphatic heterocycles.